The quantitative estimate of drug-likeness (QED) is 0.820. The number of hydrogen-bond acceptors (Lipinski definition) is 2. The topological polar surface area (TPSA) is 60.9 Å². The molecule has 2 aliphatic rings. The fourth-order valence-electron chi connectivity index (χ4n) is 3.32. The Morgan fingerprint density at radius 3 is 2.19 bits per heavy atom. The standard InChI is InChI=1S/C16H28N2O3/c1-3-16(4-2)7-9-17(10-8-16)15(21)18(12-14(19)20)11-13-5-6-13/h13H,3-12H2,1-2H3,(H,19,20). The number of piperidine rings is 1. The van der Waals surface area contributed by atoms with Gasteiger partial charge in [-0.15, -0.1) is 0 Å². The summed E-state index contributed by atoms with van der Waals surface area (Å²) >= 11 is 0. The molecule has 2 rings (SSSR count). The van der Waals surface area contributed by atoms with Crippen molar-refractivity contribution in [1.29, 1.82) is 0 Å². The summed E-state index contributed by atoms with van der Waals surface area (Å²) < 4.78 is 0. The number of carboxylic acid groups (broad SMARTS) is 1. The van der Waals surface area contributed by atoms with Crippen molar-refractivity contribution in [3.8, 4) is 0 Å². The lowest BCUT2D eigenvalue weighted by Gasteiger charge is -2.42. The van der Waals surface area contributed by atoms with Gasteiger partial charge < -0.3 is 14.9 Å². The smallest absolute Gasteiger partial charge is 0.323 e. The molecule has 0 bridgehead atoms. The highest BCUT2D eigenvalue weighted by Gasteiger charge is 2.36. The highest BCUT2D eigenvalue weighted by molar-refractivity contribution is 5.80. The Morgan fingerprint density at radius 1 is 1.19 bits per heavy atom. The van der Waals surface area contributed by atoms with Crippen LogP contribution >= 0.6 is 0 Å². The van der Waals surface area contributed by atoms with Gasteiger partial charge in [0.1, 0.15) is 6.54 Å². The number of nitrogens with zero attached hydrogens (tertiary/aromatic N) is 2. The molecule has 120 valence electrons. The second-order valence-electron chi connectivity index (χ2n) is 6.69. The van der Waals surface area contributed by atoms with E-state index in [1.165, 1.54) is 4.90 Å². The van der Waals surface area contributed by atoms with Gasteiger partial charge in [0.2, 0.25) is 0 Å². The summed E-state index contributed by atoms with van der Waals surface area (Å²) in [5.74, 6) is -0.402. The van der Waals surface area contributed by atoms with Gasteiger partial charge >= 0.3 is 12.0 Å². The molecule has 0 aromatic heterocycles. The van der Waals surface area contributed by atoms with Crippen LogP contribution in [-0.4, -0.2) is 53.1 Å². The third-order valence-electron chi connectivity index (χ3n) is 5.37. The molecule has 1 saturated carbocycles. The molecule has 0 radical (unpaired) electrons. The summed E-state index contributed by atoms with van der Waals surface area (Å²) in [6.07, 6.45) is 6.64. The summed E-state index contributed by atoms with van der Waals surface area (Å²) in [5, 5.41) is 9.01. The molecule has 1 aliphatic carbocycles. The van der Waals surface area contributed by atoms with Crippen molar-refractivity contribution in [2.24, 2.45) is 11.3 Å². The summed E-state index contributed by atoms with van der Waals surface area (Å²) in [4.78, 5) is 26.9. The van der Waals surface area contributed by atoms with Crippen LogP contribution in [0.15, 0.2) is 0 Å². The van der Waals surface area contributed by atoms with Crippen molar-refractivity contribution in [3.63, 3.8) is 0 Å². The van der Waals surface area contributed by atoms with Crippen LogP contribution in [0.1, 0.15) is 52.4 Å². The first-order valence-electron chi connectivity index (χ1n) is 8.25. The minimum absolute atomic E-state index is 0.0786. The van der Waals surface area contributed by atoms with Crippen molar-refractivity contribution in [1.82, 2.24) is 9.80 Å². The van der Waals surface area contributed by atoms with Gasteiger partial charge in [-0.3, -0.25) is 4.79 Å². The molecule has 1 N–H and O–H groups in total. The van der Waals surface area contributed by atoms with Crippen molar-refractivity contribution in [3.05, 3.63) is 0 Å². The Morgan fingerprint density at radius 2 is 1.76 bits per heavy atom. The van der Waals surface area contributed by atoms with E-state index in [2.05, 4.69) is 13.8 Å². The van der Waals surface area contributed by atoms with Crippen LogP contribution in [0.3, 0.4) is 0 Å². The van der Waals surface area contributed by atoms with E-state index in [-0.39, 0.29) is 12.6 Å². The molecule has 1 saturated heterocycles. The average Bonchev–Trinajstić information content (AvgIpc) is 3.29. The molecule has 0 unspecified atom stereocenters. The second kappa shape index (κ2) is 6.67. The second-order valence-corrected chi connectivity index (χ2v) is 6.69. The molecule has 5 heteroatoms. The van der Waals surface area contributed by atoms with E-state index in [4.69, 9.17) is 5.11 Å². The third kappa shape index (κ3) is 4.11. The van der Waals surface area contributed by atoms with Gasteiger partial charge in [-0.05, 0) is 37.0 Å². The first-order valence-corrected chi connectivity index (χ1v) is 8.25. The Balaban J connectivity index is 1.93. The molecule has 0 atom stereocenters. The average molecular weight is 296 g/mol. The van der Waals surface area contributed by atoms with Crippen LogP contribution in [0.5, 0.6) is 0 Å². The third-order valence-corrected chi connectivity index (χ3v) is 5.37. The van der Waals surface area contributed by atoms with E-state index >= 15 is 0 Å². The molecule has 0 aromatic carbocycles. The number of likely N-dealkylation sites (tertiary alicyclic amines) is 1. The summed E-state index contributed by atoms with van der Waals surface area (Å²) in [6.45, 7) is 6.42. The van der Waals surface area contributed by atoms with E-state index in [0.717, 1.165) is 51.6 Å². The largest absolute Gasteiger partial charge is 0.480 e. The van der Waals surface area contributed by atoms with Gasteiger partial charge in [0.05, 0.1) is 0 Å². The zero-order chi connectivity index (χ0) is 15.5. The Labute approximate surface area is 127 Å². The lowest BCUT2D eigenvalue weighted by molar-refractivity contribution is -0.137. The van der Waals surface area contributed by atoms with Gasteiger partial charge in [0, 0.05) is 19.6 Å². The van der Waals surface area contributed by atoms with Crippen LogP contribution in [0.25, 0.3) is 0 Å². The van der Waals surface area contributed by atoms with E-state index in [1.807, 2.05) is 4.90 Å². The minimum atomic E-state index is -0.919. The maximum Gasteiger partial charge on any atom is 0.323 e. The van der Waals surface area contributed by atoms with Gasteiger partial charge in [-0.2, -0.15) is 0 Å². The van der Waals surface area contributed by atoms with Gasteiger partial charge in [0.15, 0.2) is 0 Å². The highest BCUT2D eigenvalue weighted by atomic mass is 16.4. The minimum Gasteiger partial charge on any atom is -0.480 e. The highest BCUT2D eigenvalue weighted by Crippen LogP contribution is 2.38. The van der Waals surface area contributed by atoms with Gasteiger partial charge in [0.25, 0.3) is 0 Å². The number of carbonyl (C=O) groups is 2. The predicted molar refractivity (Wildman–Crippen MR) is 81.2 cm³/mol. The van der Waals surface area contributed by atoms with E-state index < -0.39 is 5.97 Å². The number of urea groups is 1. The number of amides is 2. The van der Waals surface area contributed by atoms with E-state index in [1.54, 1.807) is 0 Å². The molecule has 5 nitrogen and oxygen atoms in total. The monoisotopic (exact) mass is 296 g/mol. The van der Waals surface area contributed by atoms with E-state index in [9.17, 15) is 9.59 Å². The molecule has 2 amide bonds. The summed E-state index contributed by atoms with van der Waals surface area (Å²) in [5.41, 5.74) is 0.380. The summed E-state index contributed by atoms with van der Waals surface area (Å²) in [6, 6.07) is -0.0786. The predicted octanol–water partition coefficient (Wildman–Crippen LogP) is 2.81. The van der Waals surface area contributed by atoms with Gasteiger partial charge in [-0.25, -0.2) is 4.79 Å². The normalized spacial score (nSPS) is 21.1. The fourth-order valence-corrected chi connectivity index (χ4v) is 3.32. The zero-order valence-electron chi connectivity index (χ0n) is 13.3. The molecular weight excluding hydrogens is 268 g/mol. The molecule has 1 heterocycles. The maximum absolute atomic E-state index is 12.6. The molecular formula is C16H28N2O3. The number of carbonyl (C=O) groups excluding carboxylic acids is 1. The Bertz CT molecular complexity index is 379. The van der Waals surface area contributed by atoms with Crippen LogP contribution < -0.4 is 0 Å². The molecule has 1 aliphatic heterocycles. The first kappa shape index (κ1) is 16.1. The lowest BCUT2D eigenvalue weighted by Crippen LogP contribution is -2.50. The maximum atomic E-state index is 12.6. The van der Waals surface area contributed by atoms with Crippen LogP contribution in [0, 0.1) is 11.3 Å². The number of rotatable bonds is 6. The molecule has 0 spiro atoms. The fraction of sp³-hybridized carbons (Fsp3) is 0.875. The Hall–Kier alpha value is -1.26. The van der Waals surface area contributed by atoms with Crippen LogP contribution in [0.4, 0.5) is 4.79 Å². The Kier molecular flexibility index (Phi) is 5.12. The molecule has 0 aromatic rings. The molecule has 2 fully saturated rings. The van der Waals surface area contributed by atoms with Crippen LogP contribution in [-0.2, 0) is 4.79 Å². The van der Waals surface area contributed by atoms with Crippen molar-refractivity contribution in [2.45, 2.75) is 52.4 Å². The van der Waals surface area contributed by atoms with Crippen LogP contribution in [0.2, 0.25) is 0 Å². The molecule has 21 heavy (non-hydrogen) atoms. The van der Waals surface area contributed by atoms with Gasteiger partial charge in [-0.1, -0.05) is 26.7 Å². The summed E-state index contributed by atoms with van der Waals surface area (Å²) in [7, 11) is 0. The van der Waals surface area contributed by atoms with Crippen molar-refractivity contribution < 1.29 is 14.7 Å². The number of carboxylic acids is 1. The van der Waals surface area contributed by atoms with Crippen molar-refractivity contribution >= 4 is 12.0 Å². The SMILES string of the molecule is CCC1(CC)CCN(C(=O)N(CC(=O)O)CC2CC2)CC1. The van der Waals surface area contributed by atoms with Crippen molar-refractivity contribution in [2.75, 3.05) is 26.2 Å². The van der Waals surface area contributed by atoms with E-state index in [0.29, 0.717) is 17.9 Å². The zero-order valence-corrected chi connectivity index (χ0v) is 13.3. The number of aliphatic carboxylic acids is 1. The number of hydrogen-bond donors (Lipinski definition) is 1. The first-order chi connectivity index (χ1) is 9.99. The lowest BCUT2D eigenvalue weighted by atomic mass is 9.74.